The minimum absolute atomic E-state index is 0.0567. The first-order chi connectivity index (χ1) is 5.46. The van der Waals surface area contributed by atoms with Gasteiger partial charge in [-0.15, -0.1) is 0 Å². The van der Waals surface area contributed by atoms with Crippen molar-refractivity contribution in [2.24, 2.45) is 5.41 Å². The summed E-state index contributed by atoms with van der Waals surface area (Å²) in [7, 11) is 0. The lowest BCUT2D eigenvalue weighted by Gasteiger charge is -2.27. The Kier molecular flexibility index (Phi) is 1.93. The van der Waals surface area contributed by atoms with Gasteiger partial charge in [-0.05, 0) is 5.41 Å². The molecule has 1 rings (SSSR count). The van der Waals surface area contributed by atoms with E-state index in [-0.39, 0.29) is 22.5 Å². The van der Waals surface area contributed by atoms with E-state index in [1.165, 1.54) is 0 Å². The highest BCUT2D eigenvalue weighted by Gasteiger charge is 2.32. The Bertz CT molecular complexity index is 294. The number of carbonyl (C=O) groups is 1. The summed E-state index contributed by atoms with van der Waals surface area (Å²) in [6.07, 6.45) is 0.765. The average molecular weight is 165 g/mol. The molecule has 0 aromatic rings. The lowest BCUT2D eigenvalue weighted by atomic mass is 9.77. The first kappa shape index (κ1) is 8.79. The molecule has 0 saturated carbocycles. The number of ketones is 1. The molecule has 1 aliphatic carbocycles. The van der Waals surface area contributed by atoms with Crippen LogP contribution >= 0.6 is 0 Å². The molecule has 0 saturated heterocycles. The molecule has 0 spiro atoms. The number of hydrogen-bond acceptors (Lipinski definition) is 3. The molecule has 12 heavy (non-hydrogen) atoms. The quantitative estimate of drug-likeness (QED) is 0.594. The molecule has 0 fully saturated rings. The van der Waals surface area contributed by atoms with Crippen LogP contribution < -0.4 is 0 Å². The number of Topliss-reactive ketones (excluding diaryl/α,β-unsaturated/α-hetero) is 1. The molecule has 64 valence electrons. The van der Waals surface area contributed by atoms with Crippen LogP contribution in [-0.2, 0) is 4.79 Å². The van der Waals surface area contributed by atoms with E-state index in [1.54, 1.807) is 6.07 Å². The first-order valence-electron chi connectivity index (χ1n) is 3.82. The molecule has 3 nitrogen and oxygen atoms in total. The standard InChI is InChI=1S/C9H11NO2/c1-9(2)3-7(11)6(5-10)8(12)4-9/h11H,3-4H2,1-2H3. The Labute approximate surface area is 71.3 Å². The van der Waals surface area contributed by atoms with E-state index in [9.17, 15) is 9.90 Å². The van der Waals surface area contributed by atoms with Gasteiger partial charge in [0, 0.05) is 12.8 Å². The fraction of sp³-hybridized carbons (Fsp3) is 0.556. The number of nitriles is 1. The van der Waals surface area contributed by atoms with Crippen LogP contribution in [0.25, 0.3) is 0 Å². The van der Waals surface area contributed by atoms with Crippen LogP contribution in [-0.4, -0.2) is 10.9 Å². The van der Waals surface area contributed by atoms with Crippen LogP contribution in [0, 0.1) is 16.7 Å². The smallest absolute Gasteiger partial charge is 0.177 e. The molecule has 0 unspecified atom stereocenters. The third-order valence-electron chi connectivity index (χ3n) is 1.96. The third kappa shape index (κ3) is 1.48. The lowest BCUT2D eigenvalue weighted by molar-refractivity contribution is -0.118. The Balaban J connectivity index is 3.05. The van der Waals surface area contributed by atoms with Crippen molar-refractivity contribution >= 4 is 5.78 Å². The number of aliphatic hydroxyl groups excluding tert-OH is 1. The number of aliphatic hydroxyl groups is 1. The average Bonchev–Trinajstić information content (AvgIpc) is 1.82. The van der Waals surface area contributed by atoms with Crippen molar-refractivity contribution in [1.29, 1.82) is 5.26 Å². The van der Waals surface area contributed by atoms with Gasteiger partial charge in [0.15, 0.2) is 5.78 Å². The van der Waals surface area contributed by atoms with Crippen molar-refractivity contribution in [3.8, 4) is 6.07 Å². The fourth-order valence-electron chi connectivity index (χ4n) is 1.42. The Morgan fingerprint density at radius 1 is 1.50 bits per heavy atom. The molecule has 0 aliphatic heterocycles. The van der Waals surface area contributed by atoms with Crippen molar-refractivity contribution in [1.82, 2.24) is 0 Å². The molecule has 0 atom stereocenters. The molecule has 1 N–H and O–H groups in total. The van der Waals surface area contributed by atoms with Crippen LogP contribution in [0.5, 0.6) is 0 Å². The summed E-state index contributed by atoms with van der Waals surface area (Å²) in [6, 6.07) is 1.72. The Hall–Kier alpha value is -1.30. The SMILES string of the molecule is CC1(C)CC(=O)C(C#N)=C(O)C1. The van der Waals surface area contributed by atoms with E-state index in [4.69, 9.17) is 5.26 Å². The van der Waals surface area contributed by atoms with Crippen molar-refractivity contribution in [3.05, 3.63) is 11.3 Å². The zero-order chi connectivity index (χ0) is 9.35. The number of hydrogen-bond donors (Lipinski definition) is 1. The van der Waals surface area contributed by atoms with Crippen LogP contribution in [0.4, 0.5) is 0 Å². The normalized spacial score (nSPS) is 22.2. The van der Waals surface area contributed by atoms with Crippen molar-refractivity contribution in [3.63, 3.8) is 0 Å². The molecule has 0 aromatic carbocycles. The largest absolute Gasteiger partial charge is 0.511 e. The Morgan fingerprint density at radius 2 is 2.08 bits per heavy atom. The molecule has 0 amide bonds. The molecule has 0 radical (unpaired) electrons. The summed E-state index contributed by atoms with van der Waals surface area (Å²) in [4.78, 5) is 11.2. The molecule has 0 bridgehead atoms. The second-order valence-electron chi connectivity index (χ2n) is 3.87. The second kappa shape index (κ2) is 2.63. The van der Waals surface area contributed by atoms with Crippen LogP contribution in [0.15, 0.2) is 11.3 Å². The predicted molar refractivity (Wildman–Crippen MR) is 43.3 cm³/mol. The summed E-state index contributed by atoms with van der Waals surface area (Å²) in [5.74, 6) is -0.301. The maximum absolute atomic E-state index is 11.2. The molecular weight excluding hydrogens is 154 g/mol. The highest BCUT2D eigenvalue weighted by atomic mass is 16.3. The van der Waals surface area contributed by atoms with E-state index in [0.717, 1.165) is 0 Å². The monoisotopic (exact) mass is 165 g/mol. The molecule has 1 aliphatic rings. The molecular formula is C9H11NO2. The van der Waals surface area contributed by atoms with Gasteiger partial charge in [0.05, 0.1) is 0 Å². The zero-order valence-electron chi connectivity index (χ0n) is 7.22. The minimum atomic E-state index is -0.244. The van der Waals surface area contributed by atoms with Gasteiger partial charge >= 0.3 is 0 Å². The minimum Gasteiger partial charge on any atom is -0.511 e. The number of carbonyl (C=O) groups excluding carboxylic acids is 1. The van der Waals surface area contributed by atoms with E-state index < -0.39 is 0 Å². The van der Waals surface area contributed by atoms with E-state index in [1.807, 2.05) is 13.8 Å². The number of allylic oxidation sites excluding steroid dienone is 2. The fourth-order valence-corrected chi connectivity index (χ4v) is 1.42. The third-order valence-corrected chi connectivity index (χ3v) is 1.96. The number of rotatable bonds is 0. The number of nitrogens with zero attached hydrogens (tertiary/aromatic N) is 1. The second-order valence-corrected chi connectivity index (χ2v) is 3.87. The molecule has 3 heteroatoms. The molecule has 0 aromatic heterocycles. The van der Waals surface area contributed by atoms with Gasteiger partial charge in [-0.2, -0.15) is 5.26 Å². The van der Waals surface area contributed by atoms with Gasteiger partial charge < -0.3 is 5.11 Å². The highest BCUT2D eigenvalue weighted by molar-refractivity contribution is 6.00. The summed E-state index contributed by atoms with van der Waals surface area (Å²) >= 11 is 0. The molecule has 0 heterocycles. The van der Waals surface area contributed by atoms with Crippen LogP contribution in [0.2, 0.25) is 0 Å². The van der Waals surface area contributed by atoms with Gasteiger partial charge in [-0.1, -0.05) is 13.8 Å². The van der Waals surface area contributed by atoms with Crippen LogP contribution in [0.3, 0.4) is 0 Å². The summed E-state index contributed by atoms with van der Waals surface area (Å²) in [6.45, 7) is 3.80. The van der Waals surface area contributed by atoms with Gasteiger partial charge in [-0.25, -0.2) is 0 Å². The topological polar surface area (TPSA) is 61.1 Å². The maximum atomic E-state index is 11.2. The van der Waals surface area contributed by atoms with Crippen LogP contribution in [0.1, 0.15) is 26.7 Å². The van der Waals surface area contributed by atoms with E-state index >= 15 is 0 Å². The van der Waals surface area contributed by atoms with E-state index in [2.05, 4.69) is 0 Å². The van der Waals surface area contributed by atoms with Gasteiger partial charge in [0.2, 0.25) is 0 Å². The van der Waals surface area contributed by atoms with Crippen molar-refractivity contribution in [2.45, 2.75) is 26.7 Å². The van der Waals surface area contributed by atoms with Crippen molar-refractivity contribution in [2.75, 3.05) is 0 Å². The summed E-state index contributed by atoms with van der Waals surface area (Å²) in [5, 5.41) is 17.8. The highest BCUT2D eigenvalue weighted by Crippen LogP contribution is 2.35. The first-order valence-corrected chi connectivity index (χ1v) is 3.82. The van der Waals surface area contributed by atoms with Crippen molar-refractivity contribution < 1.29 is 9.90 Å². The summed E-state index contributed by atoms with van der Waals surface area (Å²) in [5.41, 5.74) is -0.268. The lowest BCUT2D eigenvalue weighted by Crippen LogP contribution is -2.25. The van der Waals surface area contributed by atoms with Gasteiger partial charge in [-0.3, -0.25) is 4.79 Å². The maximum Gasteiger partial charge on any atom is 0.177 e. The van der Waals surface area contributed by atoms with Gasteiger partial charge in [0.1, 0.15) is 17.4 Å². The predicted octanol–water partition coefficient (Wildman–Crippen LogP) is 1.71. The Morgan fingerprint density at radius 3 is 2.50 bits per heavy atom. The van der Waals surface area contributed by atoms with Gasteiger partial charge in [0.25, 0.3) is 0 Å². The zero-order valence-corrected chi connectivity index (χ0v) is 7.22. The van der Waals surface area contributed by atoms with E-state index in [0.29, 0.717) is 12.8 Å². The summed E-state index contributed by atoms with van der Waals surface area (Å²) < 4.78 is 0.